The molecule has 2 aliphatic carbocycles. The van der Waals surface area contributed by atoms with Crippen molar-refractivity contribution in [3.63, 3.8) is 0 Å². The Bertz CT molecular complexity index is 886. The first-order chi connectivity index (χ1) is 15.3. The largest absolute Gasteiger partial charge is 0.375 e. The highest BCUT2D eigenvalue weighted by Crippen LogP contribution is 2.50. The zero-order chi connectivity index (χ0) is 20.7. The highest BCUT2D eigenvalue weighted by Gasteiger charge is 2.48. The monoisotopic (exact) mass is 420 g/mol. The molecule has 6 rings (SSSR count). The second kappa shape index (κ2) is 8.00. The number of fused-ring (bicyclic) bond motifs is 1. The summed E-state index contributed by atoms with van der Waals surface area (Å²) < 4.78 is 8.76. The van der Waals surface area contributed by atoms with E-state index in [0.717, 1.165) is 38.3 Å². The molecular formula is C26H36N4O. The predicted molar refractivity (Wildman–Crippen MR) is 121 cm³/mol. The van der Waals surface area contributed by atoms with E-state index in [1.165, 1.54) is 62.8 Å². The van der Waals surface area contributed by atoms with Gasteiger partial charge in [-0.1, -0.05) is 18.9 Å². The van der Waals surface area contributed by atoms with Crippen molar-refractivity contribution >= 4 is 0 Å². The van der Waals surface area contributed by atoms with Crippen molar-refractivity contribution < 1.29 is 4.74 Å². The van der Waals surface area contributed by atoms with Crippen molar-refractivity contribution in [2.75, 3.05) is 13.2 Å². The normalized spacial score (nSPS) is 32.3. The van der Waals surface area contributed by atoms with Crippen LogP contribution in [-0.2, 0) is 10.2 Å². The van der Waals surface area contributed by atoms with Crippen LogP contribution in [0.25, 0.3) is 0 Å². The third-order valence-electron chi connectivity index (χ3n) is 8.66. The van der Waals surface area contributed by atoms with Crippen LogP contribution in [0, 0.1) is 5.92 Å². The summed E-state index contributed by atoms with van der Waals surface area (Å²) in [5.41, 5.74) is 2.89. The molecule has 0 amide bonds. The lowest BCUT2D eigenvalue weighted by Gasteiger charge is -2.46. The minimum atomic E-state index is 0.0940. The van der Waals surface area contributed by atoms with Crippen molar-refractivity contribution in [2.24, 2.45) is 5.92 Å². The molecule has 4 aliphatic rings. The maximum Gasteiger partial charge on any atom is 0.0691 e. The van der Waals surface area contributed by atoms with Crippen molar-refractivity contribution in [1.82, 2.24) is 20.1 Å². The summed E-state index contributed by atoms with van der Waals surface area (Å²) in [5, 5.41) is 8.64. The van der Waals surface area contributed by atoms with Crippen molar-refractivity contribution in [3.05, 3.63) is 48.0 Å². The number of pyridine rings is 1. The third kappa shape index (κ3) is 3.74. The molecular weight excluding hydrogens is 384 g/mol. The molecule has 4 heterocycles. The maximum absolute atomic E-state index is 6.42. The zero-order valence-electron chi connectivity index (χ0n) is 18.6. The van der Waals surface area contributed by atoms with E-state index in [-0.39, 0.29) is 11.0 Å². The fourth-order valence-electron chi connectivity index (χ4n) is 6.89. The number of ether oxygens (including phenoxy) is 1. The first-order valence-electron chi connectivity index (χ1n) is 12.6. The van der Waals surface area contributed by atoms with Crippen molar-refractivity contribution in [3.8, 4) is 0 Å². The van der Waals surface area contributed by atoms with E-state index in [9.17, 15) is 0 Å². The van der Waals surface area contributed by atoms with Gasteiger partial charge in [0, 0.05) is 36.2 Å². The van der Waals surface area contributed by atoms with E-state index in [1.807, 2.05) is 18.5 Å². The summed E-state index contributed by atoms with van der Waals surface area (Å²) in [6.07, 6.45) is 17.7. The topological polar surface area (TPSA) is 52.0 Å². The van der Waals surface area contributed by atoms with Gasteiger partial charge in [-0.15, -0.1) is 0 Å². The Labute approximate surface area is 186 Å². The number of rotatable bonds is 6. The molecule has 2 unspecified atom stereocenters. The molecule has 1 saturated heterocycles. The van der Waals surface area contributed by atoms with Gasteiger partial charge in [0.1, 0.15) is 0 Å². The number of hydrogen-bond donors (Lipinski definition) is 1. The molecule has 31 heavy (non-hydrogen) atoms. The molecule has 0 bridgehead atoms. The van der Waals surface area contributed by atoms with Gasteiger partial charge in [-0.05, 0) is 88.4 Å². The van der Waals surface area contributed by atoms with Gasteiger partial charge >= 0.3 is 0 Å². The average molecular weight is 421 g/mol. The van der Waals surface area contributed by atoms with Gasteiger partial charge in [0.25, 0.3) is 0 Å². The Morgan fingerprint density at radius 1 is 1.03 bits per heavy atom. The molecule has 5 heteroatoms. The number of hydrogen-bond acceptors (Lipinski definition) is 4. The molecule has 1 N–H and O–H groups in total. The van der Waals surface area contributed by atoms with E-state index < -0.39 is 0 Å². The van der Waals surface area contributed by atoms with Crippen LogP contribution in [0.2, 0.25) is 0 Å². The molecule has 0 aromatic carbocycles. The fraction of sp³-hybridized carbons (Fsp3) is 0.692. The van der Waals surface area contributed by atoms with Crippen LogP contribution in [0.1, 0.15) is 94.1 Å². The first-order valence-corrected chi connectivity index (χ1v) is 12.6. The van der Waals surface area contributed by atoms with Crippen LogP contribution < -0.4 is 5.32 Å². The highest BCUT2D eigenvalue weighted by molar-refractivity contribution is 5.21. The van der Waals surface area contributed by atoms with E-state index in [0.29, 0.717) is 12.1 Å². The minimum Gasteiger partial charge on any atom is -0.375 e. The Morgan fingerprint density at radius 2 is 1.94 bits per heavy atom. The van der Waals surface area contributed by atoms with Crippen LogP contribution in [0.4, 0.5) is 0 Å². The molecule has 0 radical (unpaired) electrons. The quantitative estimate of drug-likeness (QED) is 0.706. The Balaban J connectivity index is 1.18. The minimum absolute atomic E-state index is 0.0940. The lowest BCUT2D eigenvalue weighted by atomic mass is 9.68. The number of aromatic nitrogens is 3. The van der Waals surface area contributed by atoms with Crippen LogP contribution in [0.15, 0.2) is 36.7 Å². The number of nitrogens with one attached hydrogen (secondary N) is 1. The van der Waals surface area contributed by atoms with E-state index >= 15 is 0 Å². The lowest BCUT2D eigenvalue weighted by Crippen LogP contribution is -2.47. The molecule has 3 fully saturated rings. The molecule has 2 aliphatic heterocycles. The summed E-state index contributed by atoms with van der Waals surface area (Å²) in [6.45, 7) is 1.90. The van der Waals surface area contributed by atoms with Gasteiger partial charge in [0.2, 0.25) is 0 Å². The standard InChI is InChI=1S/C26H36N4O/c1-4-15-28-24(5-1)25(14-18-31-26(19-25)11-2-3-12-26)13-17-27-21-8-9-22(20-6-7-20)30-23(21)10-16-29-30/h1,4-5,10,15-16,20-22,27H,2-3,6-9,11-14,17-19H2/t21?,22?,25-/m1/s1. The molecule has 2 saturated carbocycles. The van der Waals surface area contributed by atoms with Crippen LogP contribution in [-0.4, -0.2) is 33.5 Å². The van der Waals surface area contributed by atoms with Gasteiger partial charge in [-0.2, -0.15) is 5.10 Å². The second-order valence-electron chi connectivity index (χ2n) is 10.6. The van der Waals surface area contributed by atoms with Crippen LogP contribution in [0.5, 0.6) is 0 Å². The third-order valence-corrected chi connectivity index (χ3v) is 8.66. The van der Waals surface area contributed by atoms with Gasteiger partial charge in [0.05, 0.1) is 17.3 Å². The van der Waals surface area contributed by atoms with E-state index in [2.05, 4.69) is 28.2 Å². The summed E-state index contributed by atoms with van der Waals surface area (Å²) in [4.78, 5) is 4.86. The maximum atomic E-state index is 6.42. The zero-order valence-corrected chi connectivity index (χ0v) is 18.6. The summed E-state index contributed by atoms with van der Waals surface area (Å²) in [6, 6.07) is 9.76. The van der Waals surface area contributed by atoms with Crippen molar-refractivity contribution in [2.45, 2.75) is 93.7 Å². The molecule has 2 aromatic rings. The van der Waals surface area contributed by atoms with Crippen molar-refractivity contribution in [1.29, 1.82) is 0 Å². The summed E-state index contributed by atoms with van der Waals surface area (Å²) >= 11 is 0. The summed E-state index contributed by atoms with van der Waals surface area (Å²) in [5.74, 6) is 0.872. The van der Waals surface area contributed by atoms with Crippen LogP contribution >= 0.6 is 0 Å². The molecule has 2 aromatic heterocycles. The van der Waals surface area contributed by atoms with Crippen LogP contribution in [0.3, 0.4) is 0 Å². The smallest absolute Gasteiger partial charge is 0.0691 e. The molecule has 5 nitrogen and oxygen atoms in total. The Kier molecular flexibility index (Phi) is 5.14. The van der Waals surface area contributed by atoms with Gasteiger partial charge in [-0.3, -0.25) is 9.67 Å². The Morgan fingerprint density at radius 3 is 2.74 bits per heavy atom. The van der Waals surface area contributed by atoms with Gasteiger partial charge < -0.3 is 10.1 Å². The fourth-order valence-corrected chi connectivity index (χ4v) is 6.89. The van der Waals surface area contributed by atoms with Gasteiger partial charge in [0.15, 0.2) is 0 Å². The molecule has 166 valence electrons. The average Bonchev–Trinajstić information content (AvgIpc) is 3.35. The highest BCUT2D eigenvalue weighted by atomic mass is 16.5. The Hall–Kier alpha value is -1.72. The number of nitrogens with zero attached hydrogens (tertiary/aromatic N) is 3. The van der Waals surface area contributed by atoms with Gasteiger partial charge in [-0.25, -0.2) is 0 Å². The molecule has 3 atom stereocenters. The SMILES string of the molecule is c1ccc([C@]2(CCNC3CCC(C4CC4)n4nccc43)CCOC3(CCCC3)C2)nc1. The second-order valence-corrected chi connectivity index (χ2v) is 10.6. The summed E-state index contributed by atoms with van der Waals surface area (Å²) in [7, 11) is 0. The molecule has 1 spiro atoms. The van der Waals surface area contributed by atoms with E-state index in [1.54, 1.807) is 0 Å². The van der Waals surface area contributed by atoms with E-state index in [4.69, 9.17) is 14.8 Å². The first kappa shape index (κ1) is 19.9. The predicted octanol–water partition coefficient (Wildman–Crippen LogP) is 5.11. The lowest BCUT2D eigenvalue weighted by molar-refractivity contribution is -0.104.